The SMILES string of the molecule is CCN(Cc1ccccc1)c1ccc(/C=N\Nc2nc(-c3cccs3)cs2)cc1. The molecule has 0 fully saturated rings. The Kier molecular flexibility index (Phi) is 6.34. The Morgan fingerprint density at radius 1 is 1.00 bits per heavy atom. The number of hydrazone groups is 1. The highest BCUT2D eigenvalue weighted by molar-refractivity contribution is 7.15. The number of anilines is 2. The number of benzene rings is 2. The molecule has 6 heteroatoms. The van der Waals surface area contributed by atoms with Gasteiger partial charge in [0.2, 0.25) is 5.13 Å². The molecule has 0 bridgehead atoms. The fraction of sp³-hybridized carbons (Fsp3) is 0.130. The van der Waals surface area contributed by atoms with Crippen molar-refractivity contribution >= 4 is 39.7 Å². The van der Waals surface area contributed by atoms with Crippen LogP contribution >= 0.6 is 22.7 Å². The van der Waals surface area contributed by atoms with E-state index in [1.165, 1.54) is 16.1 Å². The summed E-state index contributed by atoms with van der Waals surface area (Å²) >= 11 is 3.25. The first-order valence-electron chi connectivity index (χ1n) is 9.49. The molecule has 146 valence electrons. The third-order valence-electron chi connectivity index (χ3n) is 4.51. The second-order valence-corrected chi connectivity index (χ2v) is 8.28. The van der Waals surface area contributed by atoms with Gasteiger partial charge < -0.3 is 4.90 Å². The zero-order chi connectivity index (χ0) is 19.9. The highest BCUT2D eigenvalue weighted by Gasteiger charge is 2.06. The number of hydrogen-bond acceptors (Lipinski definition) is 6. The average Bonchev–Trinajstić information content (AvgIpc) is 3.45. The summed E-state index contributed by atoms with van der Waals surface area (Å²) in [6, 6.07) is 23.1. The van der Waals surface area contributed by atoms with E-state index in [1.807, 2.05) is 17.7 Å². The van der Waals surface area contributed by atoms with Crippen LogP contribution in [0.25, 0.3) is 10.6 Å². The Hall–Kier alpha value is -2.96. The van der Waals surface area contributed by atoms with E-state index in [0.29, 0.717) is 0 Å². The summed E-state index contributed by atoms with van der Waals surface area (Å²) < 4.78 is 0. The Bertz CT molecular complexity index is 1040. The molecule has 4 nitrogen and oxygen atoms in total. The molecule has 0 aliphatic carbocycles. The molecule has 0 amide bonds. The predicted molar refractivity (Wildman–Crippen MR) is 126 cm³/mol. The van der Waals surface area contributed by atoms with Crippen LogP contribution in [0, 0.1) is 0 Å². The number of thiophene rings is 1. The second-order valence-electron chi connectivity index (χ2n) is 6.48. The summed E-state index contributed by atoms with van der Waals surface area (Å²) in [4.78, 5) is 8.10. The zero-order valence-electron chi connectivity index (χ0n) is 16.2. The van der Waals surface area contributed by atoms with Gasteiger partial charge in [-0.15, -0.1) is 22.7 Å². The van der Waals surface area contributed by atoms with Gasteiger partial charge in [-0.1, -0.05) is 48.5 Å². The fourth-order valence-electron chi connectivity index (χ4n) is 2.99. The molecule has 0 atom stereocenters. The number of aromatic nitrogens is 1. The van der Waals surface area contributed by atoms with Crippen LogP contribution in [0.5, 0.6) is 0 Å². The standard InChI is InChI=1S/C23H22N4S2/c1-2-27(16-19-7-4-3-5-8-19)20-12-10-18(11-13-20)15-24-26-23-25-21(17-29-23)22-9-6-14-28-22/h3-15,17H,2,16H2,1H3,(H,25,26)/b24-15-. The van der Waals surface area contributed by atoms with Crippen LogP contribution in [-0.4, -0.2) is 17.7 Å². The van der Waals surface area contributed by atoms with E-state index in [0.717, 1.165) is 29.5 Å². The van der Waals surface area contributed by atoms with Crippen LogP contribution in [0.15, 0.2) is 82.6 Å². The highest BCUT2D eigenvalue weighted by atomic mass is 32.1. The Morgan fingerprint density at radius 2 is 1.83 bits per heavy atom. The first kappa shape index (κ1) is 19.4. The topological polar surface area (TPSA) is 40.5 Å². The molecule has 4 rings (SSSR count). The first-order chi connectivity index (χ1) is 14.3. The van der Waals surface area contributed by atoms with Crippen LogP contribution in [-0.2, 0) is 6.54 Å². The third-order valence-corrected chi connectivity index (χ3v) is 6.15. The van der Waals surface area contributed by atoms with Crippen molar-refractivity contribution in [2.45, 2.75) is 13.5 Å². The molecule has 0 aliphatic rings. The van der Waals surface area contributed by atoms with Crippen molar-refractivity contribution in [2.24, 2.45) is 5.10 Å². The van der Waals surface area contributed by atoms with E-state index < -0.39 is 0 Å². The Balaban J connectivity index is 1.36. The van der Waals surface area contributed by atoms with Crippen molar-refractivity contribution in [3.63, 3.8) is 0 Å². The van der Waals surface area contributed by atoms with Crippen LogP contribution in [0.2, 0.25) is 0 Å². The summed E-state index contributed by atoms with van der Waals surface area (Å²) in [6.45, 7) is 4.05. The van der Waals surface area contributed by atoms with Gasteiger partial charge in [-0.3, -0.25) is 5.43 Å². The molecule has 0 radical (unpaired) electrons. The molecule has 1 N–H and O–H groups in total. The van der Waals surface area contributed by atoms with Crippen molar-refractivity contribution in [3.05, 3.63) is 88.6 Å². The second kappa shape index (κ2) is 9.49. The minimum Gasteiger partial charge on any atom is -0.367 e. The Labute approximate surface area is 179 Å². The van der Waals surface area contributed by atoms with Gasteiger partial charge in [0.25, 0.3) is 0 Å². The van der Waals surface area contributed by atoms with Gasteiger partial charge in [-0.05, 0) is 41.6 Å². The zero-order valence-corrected chi connectivity index (χ0v) is 17.8. The molecule has 0 spiro atoms. The number of rotatable bonds is 8. The van der Waals surface area contributed by atoms with Crippen LogP contribution in [0.4, 0.5) is 10.8 Å². The molecular weight excluding hydrogens is 396 g/mol. The van der Waals surface area contributed by atoms with E-state index in [1.54, 1.807) is 22.7 Å². The summed E-state index contributed by atoms with van der Waals surface area (Å²) in [5.41, 5.74) is 7.59. The van der Waals surface area contributed by atoms with Gasteiger partial charge in [-0.2, -0.15) is 5.10 Å². The summed E-state index contributed by atoms with van der Waals surface area (Å²) in [6.07, 6.45) is 1.82. The van der Waals surface area contributed by atoms with Crippen molar-refractivity contribution in [1.82, 2.24) is 4.98 Å². The largest absolute Gasteiger partial charge is 0.367 e. The van der Waals surface area contributed by atoms with Gasteiger partial charge >= 0.3 is 0 Å². The molecule has 0 saturated heterocycles. The summed E-state index contributed by atoms with van der Waals surface area (Å²) in [5.74, 6) is 0. The lowest BCUT2D eigenvalue weighted by Gasteiger charge is -2.23. The molecule has 0 saturated carbocycles. The van der Waals surface area contributed by atoms with Crippen molar-refractivity contribution in [2.75, 3.05) is 16.9 Å². The van der Waals surface area contributed by atoms with E-state index >= 15 is 0 Å². The minimum absolute atomic E-state index is 0.793. The van der Waals surface area contributed by atoms with Crippen molar-refractivity contribution in [1.29, 1.82) is 0 Å². The molecule has 29 heavy (non-hydrogen) atoms. The number of nitrogens with zero attached hydrogens (tertiary/aromatic N) is 3. The minimum atomic E-state index is 0.793. The van der Waals surface area contributed by atoms with Crippen LogP contribution < -0.4 is 10.3 Å². The number of thiazole rings is 1. The molecule has 0 aliphatic heterocycles. The average molecular weight is 419 g/mol. The lowest BCUT2D eigenvalue weighted by atomic mass is 10.1. The van der Waals surface area contributed by atoms with Gasteiger partial charge in [0.05, 0.1) is 16.8 Å². The lowest BCUT2D eigenvalue weighted by molar-refractivity contribution is 0.832. The quantitative estimate of drug-likeness (QED) is 0.268. The molecule has 2 aromatic heterocycles. The summed E-state index contributed by atoms with van der Waals surface area (Å²) in [5, 5.41) is 9.23. The van der Waals surface area contributed by atoms with Crippen LogP contribution in [0.3, 0.4) is 0 Å². The van der Waals surface area contributed by atoms with Gasteiger partial charge in [0.1, 0.15) is 0 Å². The number of hydrogen-bond donors (Lipinski definition) is 1. The van der Waals surface area contributed by atoms with E-state index in [9.17, 15) is 0 Å². The lowest BCUT2D eigenvalue weighted by Crippen LogP contribution is -2.21. The third kappa shape index (κ3) is 5.10. The fourth-order valence-corrected chi connectivity index (χ4v) is 4.41. The normalized spacial score (nSPS) is 11.1. The predicted octanol–water partition coefficient (Wildman–Crippen LogP) is 6.34. The molecule has 0 unspecified atom stereocenters. The maximum absolute atomic E-state index is 4.57. The van der Waals surface area contributed by atoms with E-state index in [4.69, 9.17) is 0 Å². The van der Waals surface area contributed by atoms with E-state index in [2.05, 4.69) is 93.4 Å². The number of nitrogens with one attached hydrogen (secondary N) is 1. The molecular formula is C23H22N4S2. The Morgan fingerprint density at radius 3 is 2.55 bits per heavy atom. The molecule has 4 aromatic rings. The van der Waals surface area contributed by atoms with Crippen molar-refractivity contribution < 1.29 is 0 Å². The maximum Gasteiger partial charge on any atom is 0.203 e. The molecule has 2 aromatic carbocycles. The monoisotopic (exact) mass is 418 g/mol. The first-order valence-corrected chi connectivity index (χ1v) is 11.2. The smallest absolute Gasteiger partial charge is 0.203 e. The summed E-state index contributed by atoms with van der Waals surface area (Å²) in [7, 11) is 0. The van der Waals surface area contributed by atoms with E-state index in [-0.39, 0.29) is 0 Å². The van der Waals surface area contributed by atoms with Gasteiger partial charge in [-0.25, -0.2) is 4.98 Å². The maximum atomic E-state index is 4.57. The van der Waals surface area contributed by atoms with Crippen LogP contribution in [0.1, 0.15) is 18.1 Å². The van der Waals surface area contributed by atoms with Crippen molar-refractivity contribution in [3.8, 4) is 10.6 Å². The molecule has 2 heterocycles. The highest BCUT2D eigenvalue weighted by Crippen LogP contribution is 2.28. The van der Waals surface area contributed by atoms with Gasteiger partial charge in [0.15, 0.2) is 0 Å². The van der Waals surface area contributed by atoms with Gasteiger partial charge in [0, 0.05) is 24.2 Å².